The highest BCUT2D eigenvalue weighted by Crippen LogP contribution is 2.28. The van der Waals surface area contributed by atoms with Gasteiger partial charge in [0.05, 0.1) is 10.8 Å². The standard InChI is InChI=1S/C17H12Cl2N6OS/c18-11-7-5-10(6-8-11)16-21-14(24-26-16)9-27-17-23-22-15(25(17)20)12-3-1-2-4-13(12)19/h1-8H,9,20H2. The topological polar surface area (TPSA) is 95.7 Å². The van der Waals surface area contributed by atoms with Gasteiger partial charge in [0, 0.05) is 16.1 Å². The number of nitrogens with zero attached hydrogens (tertiary/aromatic N) is 5. The van der Waals surface area contributed by atoms with Crippen molar-refractivity contribution in [1.82, 2.24) is 25.0 Å². The number of halogens is 2. The summed E-state index contributed by atoms with van der Waals surface area (Å²) in [5.41, 5.74) is 1.51. The second kappa shape index (κ2) is 7.59. The van der Waals surface area contributed by atoms with Gasteiger partial charge in [-0.05, 0) is 36.4 Å². The summed E-state index contributed by atoms with van der Waals surface area (Å²) < 4.78 is 6.69. The van der Waals surface area contributed by atoms with Gasteiger partial charge in [-0.25, -0.2) is 4.68 Å². The maximum absolute atomic E-state index is 6.20. The van der Waals surface area contributed by atoms with Gasteiger partial charge in [0.25, 0.3) is 5.89 Å². The molecule has 0 saturated heterocycles. The number of benzene rings is 2. The zero-order valence-corrected chi connectivity index (χ0v) is 16.0. The molecule has 10 heteroatoms. The van der Waals surface area contributed by atoms with Crippen molar-refractivity contribution in [2.75, 3.05) is 5.84 Å². The zero-order chi connectivity index (χ0) is 18.8. The summed E-state index contributed by atoms with van der Waals surface area (Å²) in [6.45, 7) is 0. The van der Waals surface area contributed by atoms with Crippen molar-refractivity contribution >= 4 is 35.0 Å². The summed E-state index contributed by atoms with van der Waals surface area (Å²) in [4.78, 5) is 4.37. The van der Waals surface area contributed by atoms with Crippen LogP contribution in [-0.4, -0.2) is 25.0 Å². The van der Waals surface area contributed by atoms with Crippen molar-refractivity contribution in [3.63, 3.8) is 0 Å². The molecule has 2 aromatic carbocycles. The molecule has 0 atom stereocenters. The molecule has 0 fully saturated rings. The van der Waals surface area contributed by atoms with Gasteiger partial charge in [-0.2, -0.15) is 4.98 Å². The molecule has 0 aliphatic heterocycles. The minimum Gasteiger partial charge on any atom is -0.335 e. The highest BCUT2D eigenvalue weighted by molar-refractivity contribution is 7.98. The molecule has 7 nitrogen and oxygen atoms in total. The molecule has 0 aliphatic carbocycles. The number of thioether (sulfide) groups is 1. The Morgan fingerprint density at radius 2 is 1.81 bits per heavy atom. The lowest BCUT2D eigenvalue weighted by molar-refractivity contribution is 0.425. The van der Waals surface area contributed by atoms with E-state index in [1.165, 1.54) is 16.4 Å². The number of hydrogen-bond donors (Lipinski definition) is 1. The molecule has 2 aromatic heterocycles. The number of aromatic nitrogens is 5. The van der Waals surface area contributed by atoms with Crippen LogP contribution in [0.15, 0.2) is 58.2 Å². The van der Waals surface area contributed by atoms with Crippen LogP contribution in [0.4, 0.5) is 0 Å². The van der Waals surface area contributed by atoms with Gasteiger partial charge in [0.1, 0.15) is 0 Å². The first-order chi connectivity index (χ1) is 13.1. The summed E-state index contributed by atoms with van der Waals surface area (Å²) in [6.07, 6.45) is 0. The maximum Gasteiger partial charge on any atom is 0.257 e. The van der Waals surface area contributed by atoms with Crippen molar-refractivity contribution < 1.29 is 4.52 Å². The molecule has 0 radical (unpaired) electrons. The number of nitrogens with two attached hydrogens (primary N) is 1. The fourth-order valence-corrected chi connectivity index (χ4v) is 3.40. The van der Waals surface area contributed by atoms with E-state index in [1.807, 2.05) is 30.3 Å². The quantitative estimate of drug-likeness (QED) is 0.380. The van der Waals surface area contributed by atoms with E-state index in [2.05, 4.69) is 20.3 Å². The molecule has 27 heavy (non-hydrogen) atoms. The van der Waals surface area contributed by atoms with E-state index in [0.29, 0.717) is 44.1 Å². The molecule has 4 rings (SSSR count). The Labute approximate surface area is 168 Å². The van der Waals surface area contributed by atoms with Crippen LogP contribution in [0.2, 0.25) is 10.0 Å². The Morgan fingerprint density at radius 3 is 2.59 bits per heavy atom. The third-order valence-corrected chi connectivity index (χ3v) is 5.19. The maximum atomic E-state index is 6.20. The monoisotopic (exact) mass is 418 g/mol. The van der Waals surface area contributed by atoms with Gasteiger partial charge in [-0.3, -0.25) is 0 Å². The molecule has 136 valence electrons. The van der Waals surface area contributed by atoms with Crippen LogP contribution in [0.25, 0.3) is 22.8 Å². The average Bonchev–Trinajstić information content (AvgIpc) is 3.28. The van der Waals surface area contributed by atoms with E-state index < -0.39 is 0 Å². The lowest BCUT2D eigenvalue weighted by Crippen LogP contribution is -2.11. The third kappa shape index (κ3) is 3.78. The van der Waals surface area contributed by atoms with E-state index >= 15 is 0 Å². The Kier molecular flexibility index (Phi) is 5.02. The highest BCUT2D eigenvalue weighted by atomic mass is 35.5. The zero-order valence-electron chi connectivity index (χ0n) is 13.7. The second-order valence-electron chi connectivity index (χ2n) is 5.47. The van der Waals surface area contributed by atoms with Gasteiger partial charge in [-0.15, -0.1) is 10.2 Å². The van der Waals surface area contributed by atoms with Crippen LogP contribution in [0.1, 0.15) is 5.82 Å². The Morgan fingerprint density at radius 1 is 1.04 bits per heavy atom. The van der Waals surface area contributed by atoms with E-state index in [1.54, 1.807) is 18.2 Å². The molecule has 0 spiro atoms. The lowest BCUT2D eigenvalue weighted by Gasteiger charge is -2.04. The number of rotatable bonds is 5. The van der Waals surface area contributed by atoms with Crippen molar-refractivity contribution in [2.45, 2.75) is 10.9 Å². The van der Waals surface area contributed by atoms with Crippen molar-refractivity contribution in [1.29, 1.82) is 0 Å². The third-order valence-electron chi connectivity index (χ3n) is 3.67. The predicted octanol–water partition coefficient (Wildman–Crippen LogP) is 4.31. The normalized spacial score (nSPS) is 11.0. The first-order valence-corrected chi connectivity index (χ1v) is 9.52. The van der Waals surface area contributed by atoms with E-state index in [0.717, 1.165) is 5.56 Å². The van der Waals surface area contributed by atoms with Gasteiger partial charge in [-0.1, -0.05) is 52.3 Å². The fourth-order valence-electron chi connectivity index (χ4n) is 2.35. The van der Waals surface area contributed by atoms with E-state index in [9.17, 15) is 0 Å². The molecule has 0 bridgehead atoms. The molecule has 0 aliphatic rings. The Hall–Kier alpha value is -2.55. The molecule has 4 aromatic rings. The smallest absolute Gasteiger partial charge is 0.257 e. The van der Waals surface area contributed by atoms with E-state index in [-0.39, 0.29) is 0 Å². The summed E-state index contributed by atoms with van der Waals surface area (Å²) in [7, 11) is 0. The van der Waals surface area contributed by atoms with Gasteiger partial charge >= 0.3 is 0 Å². The number of nitrogen functional groups attached to an aromatic ring is 1. The second-order valence-corrected chi connectivity index (χ2v) is 7.25. The first kappa shape index (κ1) is 17.8. The SMILES string of the molecule is Nn1c(SCc2noc(-c3ccc(Cl)cc3)n2)nnc1-c1ccccc1Cl. The van der Waals surface area contributed by atoms with Crippen molar-refractivity contribution in [3.05, 3.63) is 64.4 Å². The average molecular weight is 419 g/mol. The van der Waals surface area contributed by atoms with Crippen molar-refractivity contribution in [3.8, 4) is 22.8 Å². The number of hydrogen-bond acceptors (Lipinski definition) is 7. The van der Waals surface area contributed by atoms with Gasteiger partial charge in [0.2, 0.25) is 5.16 Å². The van der Waals surface area contributed by atoms with Crippen LogP contribution in [0, 0.1) is 0 Å². The summed E-state index contributed by atoms with van der Waals surface area (Å²) in [5, 5.41) is 13.9. The predicted molar refractivity (Wildman–Crippen MR) is 105 cm³/mol. The van der Waals surface area contributed by atoms with Crippen LogP contribution in [0.5, 0.6) is 0 Å². The van der Waals surface area contributed by atoms with Crippen LogP contribution in [-0.2, 0) is 5.75 Å². The first-order valence-electron chi connectivity index (χ1n) is 7.78. The summed E-state index contributed by atoms with van der Waals surface area (Å²) in [5.74, 6) is 7.97. The molecule has 2 N–H and O–H groups in total. The minimum atomic E-state index is 0.424. The Bertz CT molecular complexity index is 1080. The molecule has 2 heterocycles. The lowest BCUT2D eigenvalue weighted by atomic mass is 10.2. The van der Waals surface area contributed by atoms with Crippen LogP contribution < -0.4 is 5.84 Å². The summed E-state index contributed by atoms with van der Waals surface area (Å²) >= 11 is 13.4. The molecule has 0 unspecified atom stereocenters. The molecular formula is C17H12Cl2N6OS. The van der Waals surface area contributed by atoms with Crippen LogP contribution >= 0.6 is 35.0 Å². The Balaban J connectivity index is 1.49. The van der Waals surface area contributed by atoms with Crippen LogP contribution in [0.3, 0.4) is 0 Å². The fraction of sp³-hybridized carbons (Fsp3) is 0.0588. The summed E-state index contributed by atoms with van der Waals surface area (Å²) in [6, 6.07) is 14.5. The largest absolute Gasteiger partial charge is 0.335 e. The van der Waals surface area contributed by atoms with Gasteiger partial charge in [0.15, 0.2) is 11.6 Å². The molecule has 0 saturated carbocycles. The molecule has 0 amide bonds. The van der Waals surface area contributed by atoms with Gasteiger partial charge < -0.3 is 10.4 Å². The highest BCUT2D eigenvalue weighted by Gasteiger charge is 2.16. The van der Waals surface area contributed by atoms with E-state index in [4.69, 9.17) is 33.6 Å². The van der Waals surface area contributed by atoms with Crippen molar-refractivity contribution in [2.24, 2.45) is 0 Å². The minimum absolute atomic E-state index is 0.424. The molecular weight excluding hydrogens is 407 g/mol.